The molecule has 6 saturated carbocycles. The van der Waals surface area contributed by atoms with Crippen molar-refractivity contribution in [1.82, 2.24) is 0 Å². The number of nitro groups is 7. The summed E-state index contributed by atoms with van der Waals surface area (Å²) in [7, 11) is 0. The molecule has 0 aromatic carbocycles. The lowest BCUT2D eigenvalue weighted by atomic mass is 8.80. The van der Waals surface area contributed by atoms with Crippen LogP contribution in [0.25, 0.3) is 0 Å². The molecule has 6 aliphatic carbocycles. The van der Waals surface area contributed by atoms with E-state index in [1.807, 2.05) is 0 Å². The SMILES string of the molecule is CC12C3([N+](=O)[O-])C4([N+](=O)[O-])C1([N+](=O)[O-])C1([N+](=O)[O-])C2([N+](=O)[O-])C3([N+](=O)[O-])C41[N+](=O)[O-]. The lowest BCUT2D eigenvalue weighted by Crippen LogP contribution is -3.53. The zero-order valence-corrected chi connectivity index (χ0v) is 13.8. The molecule has 6 fully saturated rings. The second-order valence-corrected chi connectivity index (χ2v) is 7.90. The highest BCUT2D eigenvalue weighted by Gasteiger charge is 3.73. The van der Waals surface area contributed by atoms with Gasteiger partial charge in [-0.15, -0.1) is 0 Å². The smallest absolute Gasteiger partial charge is 0.263 e. The molecule has 0 radical (unpaired) electrons. The predicted octanol–water partition coefficient (Wildman–Crippen LogP) is -2.83. The second-order valence-electron chi connectivity index (χ2n) is 7.90. The van der Waals surface area contributed by atoms with Gasteiger partial charge in [0.25, 0.3) is 0 Å². The third kappa shape index (κ3) is 0.582. The van der Waals surface area contributed by atoms with Gasteiger partial charge in [-0.3, -0.25) is 70.8 Å². The minimum absolute atomic E-state index is 0.371. The summed E-state index contributed by atoms with van der Waals surface area (Å²) in [6.45, 7) is 0.371. The predicted molar refractivity (Wildman–Crippen MR) is 76.2 cm³/mol. The quantitative estimate of drug-likeness (QED) is 0.288. The summed E-state index contributed by atoms with van der Waals surface area (Å²) in [5.74, 6) is 0. The molecule has 30 heavy (non-hydrogen) atoms. The van der Waals surface area contributed by atoms with Crippen LogP contribution in [0.15, 0.2) is 0 Å². The Bertz CT molecular complexity index is 1030. The molecule has 0 amide bonds. The first-order valence-electron chi connectivity index (χ1n) is 7.62. The van der Waals surface area contributed by atoms with Crippen molar-refractivity contribution in [1.29, 1.82) is 0 Å². The monoisotopic (exact) mass is 433 g/mol. The summed E-state index contributed by atoms with van der Waals surface area (Å²) >= 11 is 0. The molecule has 21 nitrogen and oxygen atoms in total. The first kappa shape index (κ1) is 17.9. The molecule has 158 valence electrons. The van der Waals surface area contributed by atoms with Gasteiger partial charge in [0.1, 0.15) is 0 Å². The molecule has 0 bridgehead atoms. The summed E-state index contributed by atoms with van der Waals surface area (Å²) in [6, 6.07) is 0. The Labute approximate surface area is 157 Å². The average molecular weight is 433 g/mol. The van der Waals surface area contributed by atoms with E-state index in [9.17, 15) is 70.8 Å². The normalized spacial score (nSPS) is 56.4. The van der Waals surface area contributed by atoms with Gasteiger partial charge in [0.05, 0.1) is 19.7 Å². The van der Waals surface area contributed by atoms with Gasteiger partial charge < -0.3 is 0 Å². The Morgan fingerprint density at radius 2 is 0.500 bits per heavy atom. The van der Waals surface area contributed by atoms with Crippen molar-refractivity contribution >= 4 is 0 Å². The van der Waals surface area contributed by atoms with Gasteiger partial charge in [0, 0.05) is 14.8 Å². The standard InChI is InChI=1S/C9H3N7O14/c1-2-3(10(17)18)6(13(23)24)4(2,11(19)20)8(15(27)28)5(2,12(21)22)7(3,14(25)26)9(6,8)16(29)30/h1H3. The van der Waals surface area contributed by atoms with Crippen molar-refractivity contribution in [2.45, 2.75) is 45.7 Å². The van der Waals surface area contributed by atoms with Crippen molar-refractivity contribution < 1.29 is 34.5 Å². The molecule has 0 aliphatic heterocycles. The fourth-order valence-corrected chi connectivity index (χ4v) is 9.43. The summed E-state index contributed by atoms with van der Waals surface area (Å²) in [5.41, 5.74) is -30.8. The van der Waals surface area contributed by atoms with Gasteiger partial charge in [0.15, 0.2) is 0 Å². The number of nitrogens with zero attached hydrogens (tertiary/aromatic N) is 7. The molecule has 0 saturated heterocycles. The molecular formula is C9H3N7O14. The van der Waals surface area contributed by atoms with E-state index in [1.54, 1.807) is 0 Å². The van der Waals surface area contributed by atoms with Crippen molar-refractivity contribution in [3.63, 3.8) is 0 Å². The van der Waals surface area contributed by atoms with Crippen molar-refractivity contribution in [3.05, 3.63) is 70.8 Å². The highest BCUT2D eigenvalue weighted by Crippen LogP contribution is 3.17. The molecule has 0 spiro atoms. The van der Waals surface area contributed by atoms with Gasteiger partial charge in [-0.05, 0) is 6.92 Å². The topological polar surface area (TPSA) is 302 Å². The first-order chi connectivity index (χ1) is 13.6. The van der Waals surface area contributed by atoms with Gasteiger partial charge in [0.2, 0.25) is 5.41 Å². The third-order valence-electron chi connectivity index (χ3n) is 8.80. The maximum atomic E-state index is 11.9. The number of rotatable bonds is 7. The Kier molecular flexibility index (Phi) is 1.99. The molecule has 0 aromatic heterocycles. The van der Waals surface area contributed by atoms with Crippen LogP contribution in [0.2, 0.25) is 0 Å². The van der Waals surface area contributed by atoms with Crippen LogP contribution in [0.4, 0.5) is 0 Å². The summed E-state index contributed by atoms with van der Waals surface area (Å²) in [6.07, 6.45) is 0. The van der Waals surface area contributed by atoms with E-state index in [1.165, 1.54) is 0 Å². The maximum Gasteiger partial charge on any atom is 0.472 e. The van der Waals surface area contributed by atoms with E-state index in [4.69, 9.17) is 0 Å². The molecule has 0 aromatic rings. The third-order valence-corrected chi connectivity index (χ3v) is 8.80. The zero-order valence-electron chi connectivity index (χ0n) is 13.8. The highest BCUT2D eigenvalue weighted by atomic mass is 16.7. The maximum absolute atomic E-state index is 11.9. The van der Waals surface area contributed by atoms with E-state index in [0.29, 0.717) is 6.92 Å². The lowest BCUT2D eigenvalue weighted by Gasteiger charge is -2.98. The van der Waals surface area contributed by atoms with Crippen LogP contribution in [0.3, 0.4) is 0 Å². The molecule has 0 heterocycles. The Hall–Kier alpha value is -4.20. The Morgan fingerprint density at radius 3 is 0.633 bits per heavy atom. The van der Waals surface area contributed by atoms with Gasteiger partial charge in [-0.1, -0.05) is 0 Å². The number of hydrogen-bond acceptors (Lipinski definition) is 14. The van der Waals surface area contributed by atoms with Crippen molar-refractivity contribution in [3.8, 4) is 0 Å². The highest BCUT2D eigenvalue weighted by molar-refractivity contribution is 5.91. The van der Waals surface area contributed by atoms with Crippen LogP contribution in [0, 0.1) is 76.2 Å². The average Bonchev–Trinajstić information content (AvgIpc) is 2.56. The van der Waals surface area contributed by atoms with Crippen LogP contribution in [-0.4, -0.2) is 73.2 Å². The summed E-state index contributed by atoms with van der Waals surface area (Å²) < 4.78 is 0. The van der Waals surface area contributed by atoms with E-state index in [-0.39, 0.29) is 0 Å². The van der Waals surface area contributed by atoms with Crippen molar-refractivity contribution in [2.24, 2.45) is 5.41 Å². The van der Waals surface area contributed by atoms with Crippen LogP contribution in [0.5, 0.6) is 0 Å². The fourth-order valence-electron chi connectivity index (χ4n) is 9.43. The molecule has 6 aliphatic rings. The van der Waals surface area contributed by atoms with E-state index >= 15 is 0 Å². The van der Waals surface area contributed by atoms with Gasteiger partial charge in [-0.25, -0.2) is 0 Å². The minimum atomic E-state index is -4.17. The molecule has 21 heteroatoms. The molecule has 0 unspecified atom stereocenters. The minimum Gasteiger partial charge on any atom is -0.263 e. The lowest BCUT2D eigenvalue weighted by molar-refractivity contribution is -1.15. The Balaban J connectivity index is 2.10. The van der Waals surface area contributed by atoms with Gasteiger partial charge in [-0.2, -0.15) is 0 Å². The first-order valence-corrected chi connectivity index (χ1v) is 7.62. The molecular weight excluding hydrogens is 430 g/mol. The van der Waals surface area contributed by atoms with E-state index in [2.05, 4.69) is 0 Å². The van der Waals surface area contributed by atoms with E-state index in [0.717, 1.165) is 0 Å². The van der Waals surface area contributed by atoms with E-state index < -0.39 is 78.7 Å². The van der Waals surface area contributed by atoms with Gasteiger partial charge >= 0.3 is 38.8 Å². The molecule has 0 N–H and O–H groups in total. The summed E-state index contributed by atoms with van der Waals surface area (Å²) in [4.78, 5) is 70.9. The molecule has 6 rings (SSSR count). The Morgan fingerprint density at radius 1 is 0.367 bits per heavy atom. The number of hydrogen-bond donors (Lipinski definition) is 0. The summed E-state index contributed by atoms with van der Waals surface area (Å²) in [5, 5.41) is 83.5. The van der Waals surface area contributed by atoms with Crippen LogP contribution in [-0.2, 0) is 0 Å². The van der Waals surface area contributed by atoms with Crippen LogP contribution in [0.1, 0.15) is 6.92 Å². The van der Waals surface area contributed by atoms with Crippen LogP contribution >= 0.6 is 0 Å². The molecule has 0 atom stereocenters. The van der Waals surface area contributed by atoms with Crippen LogP contribution < -0.4 is 0 Å². The fraction of sp³-hybridized carbons (Fsp3) is 1.00. The largest absolute Gasteiger partial charge is 0.472 e. The van der Waals surface area contributed by atoms with Crippen molar-refractivity contribution in [2.75, 3.05) is 0 Å². The second kappa shape index (κ2) is 3.35. The zero-order chi connectivity index (χ0) is 23.0.